The maximum Gasteiger partial charge on any atom is 0.335 e. The van der Waals surface area contributed by atoms with E-state index in [9.17, 15) is 14.4 Å². The van der Waals surface area contributed by atoms with Crippen molar-refractivity contribution < 1.29 is 29.3 Å². The predicted molar refractivity (Wildman–Crippen MR) is 60.1 cm³/mol. The van der Waals surface area contributed by atoms with Crippen molar-refractivity contribution in [2.75, 3.05) is 0 Å². The molecule has 0 aliphatic rings. The zero-order chi connectivity index (χ0) is 14.1. The summed E-state index contributed by atoms with van der Waals surface area (Å²) in [7, 11) is 1.25. The minimum absolute atomic E-state index is 0.0899. The SMILES string of the molecule is O=COc1cc(C(=O)O)cc(C(=O)O)c1.[3H][B]C. The van der Waals surface area contributed by atoms with Gasteiger partial charge in [0.15, 0.2) is 0 Å². The Balaban J connectivity index is 0.000000873. The second-order valence-electron chi connectivity index (χ2n) is 2.57. The summed E-state index contributed by atoms with van der Waals surface area (Å²) in [5.41, 5.74) is -0.515. The molecule has 0 saturated carbocycles. The lowest BCUT2D eigenvalue weighted by atomic mass is 10.1. The van der Waals surface area contributed by atoms with Crippen molar-refractivity contribution in [3.8, 4) is 5.75 Å². The molecule has 0 atom stereocenters. The molecular weight excluding hydrogens is 227 g/mol. The Morgan fingerprint density at radius 1 is 1.29 bits per heavy atom. The molecule has 0 saturated heterocycles. The number of carbonyl (C=O) groups is 3. The molecule has 0 fully saturated rings. The molecule has 0 aliphatic carbocycles. The molecule has 0 bridgehead atoms. The van der Waals surface area contributed by atoms with Crippen molar-refractivity contribution in [3.05, 3.63) is 29.3 Å². The molecule has 1 aromatic carbocycles. The molecule has 0 spiro atoms. The Bertz CT molecular complexity index is 416. The standard InChI is InChI=1S/C9H6O6.CH4B/c10-4-15-7-2-5(8(11)12)1-6(3-7)9(13)14;1-2/h1-4H,(H,11,12)(H,13,14);2H,1H3/i;2T. The van der Waals surface area contributed by atoms with E-state index >= 15 is 0 Å². The molecule has 0 aromatic heterocycles. The number of ether oxygens (including phenoxy) is 1. The van der Waals surface area contributed by atoms with Crippen LogP contribution in [-0.4, -0.2) is 37.8 Å². The van der Waals surface area contributed by atoms with Gasteiger partial charge in [0.05, 0.1) is 18.9 Å². The van der Waals surface area contributed by atoms with E-state index in [0.717, 1.165) is 18.2 Å². The van der Waals surface area contributed by atoms with E-state index in [0.29, 0.717) is 0 Å². The Kier molecular flexibility index (Phi) is 5.29. The van der Waals surface area contributed by atoms with E-state index in [4.69, 9.17) is 11.5 Å². The van der Waals surface area contributed by atoms with Crippen LogP contribution in [0.25, 0.3) is 0 Å². The summed E-state index contributed by atoms with van der Waals surface area (Å²) in [4.78, 5) is 31.2. The Morgan fingerprint density at radius 2 is 1.71 bits per heavy atom. The molecule has 0 aliphatic heterocycles. The second-order valence-corrected chi connectivity index (χ2v) is 2.57. The zero-order valence-electron chi connectivity index (χ0n) is 9.91. The molecule has 17 heavy (non-hydrogen) atoms. The van der Waals surface area contributed by atoms with E-state index in [1.165, 1.54) is 7.81 Å². The topological polar surface area (TPSA) is 101 Å². The fraction of sp³-hybridized carbons (Fsp3) is 0.100. The molecular formula is C10H10BO6. The van der Waals surface area contributed by atoms with E-state index in [2.05, 4.69) is 4.74 Å². The van der Waals surface area contributed by atoms with Crippen molar-refractivity contribution in [3.63, 3.8) is 0 Å². The number of carboxylic acids is 2. The van der Waals surface area contributed by atoms with Gasteiger partial charge in [-0.2, -0.15) is 0 Å². The lowest BCUT2D eigenvalue weighted by Gasteiger charge is -2.02. The van der Waals surface area contributed by atoms with Crippen LogP contribution in [0.2, 0.25) is 6.82 Å². The lowest BCUT2D eigenvalue weighted by molar-refractivity contribution is -0.120. The van der Waals surface area contributed by atoms with E-state index in [1.807, 2.05) is 0 Å². The van der Waals surface area contributed by atoms with Crippen LogP contribution in [0.4, 0.5) is 0 Å². The summed E-state index contributed by atoms with van der Waals surface area (Å²) in [6.07, 6.45) is 0. The highest BCUT2D eigenvalue weighted by molar-refractivity contribution is 6.05. The molecule has 0 heterocycles. The summed E-state index contributed by atoms with van der Waals surface area (Å²) in [6, 6.07) is 3.09. The lowest BCUT2D eigenvalue weighted by Crippen LogP contribution is -2.03. The maximum absolute atomic E-state index is 10.6. The summed E-state index contributed by atoms with van der Waals surface area (Å²) >= 11 is 0. The number of carbonyl (C=O) groups excluding carboxylic acids is 1. The third-order valence-corrected chi connectivity index (χ3v) is 1.58. The van der Waals surface area contributed by atoms with Crippen molar-refractivity contribution >= 4 is 26.2 Å². The second kappa shape index (κ2) is 7.05. The zero-order valence-corrected chi connectivity index (χ0v) is 8.91. The van der Waals surface area contributed by atoms with Gasteiger partial charge in [-0.05, 0) is 19.5 Å². The van der Waals surface area contributed by atoms with Crippen LogP contribution in [0.5, 0.6) is 5.75 Å². The molecule has 89 valence electrons. The summed E-state index contributed by atoms with van der Waals surface area (Å²) in [6.45, 7) is 1.76. The predicted octanol–water partition coefficient (Wildman–Crippen LogP) is 0.553. The van der Waals surface area contributed by atoms with Crippen LogP contribution < -0.4 is 4.74 Å². The van der Waals surface area contributed by atoms with Crippen LogP contribution in [0.1, 0.15) is 20.7 Å². The number of hydrogen-bond donors (Lipinski definition) is 2. The first kappa shape index (κ1) is 12.8. The normalized spacial score (nSPS) is 9.12. The van der Waals surface area contributed by atoms with E-state index in [1.54, 1.807) is 6.82 Å². The third kappa shape index (κ3) is 4.37. The van der Waals surface area contributed by atoms with Gasteiger partial charge in [0.1, 0.15) is 5.75 Å². The molecule has 0 unspecified atom stereocenters. The summed E-state index contributed by atoms with van der Waals surface area (Å²) in [5.74, 6) is -2.72. The Morgan fingerprint density at radius 3 is 2.00 bits per heavy atom. The average Bonchev–Trinajstić information content (AvgIpc) is 2.30. The first-order chi connectivity index (χ1) is 8.46. The van der Waals surface area contributed by atoms with Crippen LogP contribution >= 0.6 is 0 Å². The number of rotatable bonds is 4. The van der Waals surface area contributed by atoms with E-state index < -0.39 is 11.9 Å². The first-order valence-electron chi connectivity index (χ1n) is 4.92. The van der Waals surface area contributed by atoms with Gasteiger partial charge in [-0.25, -0.2) is 9.59 Å². The summed E-state index contributed by atoms with van der Waals surface area (Å²) in [5, 5.41) is 17.3. The number of aromatic carboxylic acids is 2. The van der Waals surface area contributed by atoms with Crippen molar-refractivity contribution in [2.24, 2.45) is 0 Å². The fourth-order valence-corrected chi connectivity index (χ4v) is 0.970. The molecule has 1 aromatic rings. The quantitative estimate of drug-likeness (QED) is 0.587. The van der Waals surface area contributed by atoms with Crippen LogP contribution in [-0.2, 0) is 4.79 Å². The maximum atomic E-state index is 10.6. The molecule has 1 rings (SSSR count). The summed E-state index contributed by atoms with van der Waals surface area (Å²) < 4.78 is 10.5. The molecule has 0 amide bonds. The number of benzene rings is 1. The van der Waals surface area contributed by atoms with Crippen molar-refractivity contribution in [2.45, 2.75) is 6.82 Å². The number of hydrogen-bond acceptors (Lipinski definition) is 4. The average molecular weight is 239 g/mol. The highest BCUT2D eigenvalue weighted by Gasteiger charge is 2.11. The minimum Gasteiger partial charge on any atom is -0.478 e. The Labute approximate surface area is 99.6 Å². The smallest absolute Gasteiger partial charge is 0.335 e. The van der Waals surface area contributed by atoms with E-state index in [-0.39, 0.29) is 23.3 Å². The van der Waals surface area contributed by atoms with Crippen molar-refractivity contribution in [1.29, 1.82) is 1.34 Å². The molecule has 7 heteroatoms. The van der Waals surface area contributed by atoms with Crippen LogP contribution in [0.15, 0.2) is 18.2 Å². The van der Waals surface area contributed by atoms with Gasteiger partial charge in [0.2, 0.25) is 0 Å². The van der Waals surface area contributed by atoms with Gasteiger partial charge in [-0.1, -0.05) is 6.82 Å². The van der Waals surface area contributed by atoms with Crippen LogP contribution in [0, 0.1) is 0 Å². The molecule has 6 nitrogen and oxygen atoms in total. The molecule has 2 N–H and O–H groups in total. The van der Waals surface area contributed by atoms with Gasteiger partial charge in [-0.3, -0.25) is 4.79 Å². The highest BCUT2D eigenvalue weighted by Crippen LogP contribution is 2.17. The van der Waals surface area contributed by atoms with Crippen molar-refractivity contribution in [1.82, 2.24) is 0 Å². The first-order valence-corrected chi connectivity index (χ1v) is 4.34. The van der Waals surface area contributed by atoms with Crippen LogP contribution in [0.3, 0.4) is 0 Å². The van der Waals surface area contributed by atoms with Gasteiger partial charge in [0, 0.05) is 0 Å². The van der Waals surface area contributed by atoms with Gasteiger partial charge < -0.3 is 14.9 Å². The fourth-order valence-electron chi connectivity index (χ4n) is 0.970. The highest BCUT2D eigenvalue weighted by atomic mass is 16.5. The third-order valence-electron chi connectivity index (χ3n) is 1.58. The minimum atomic E-state index is -1.30. The van der Waals surface area contributed by atoms with Gasteiger partial charge in [0.25, 0.3) is 6.47 Å². The number of carboxylic acid groups (broad SMARTS) is 2. The Hall–Kier alpha value is -2.31. The monoisotopic (exact) mass is 239 g/mol. The molecule has 1 radical (unpaired) electrons. The largest absolute Gasteiger partial charge is 0.478 e. The van der Waals surface area contributed by atoms with Gasteiger partial charge >= 0.3 is 11.9 Å². The van der Waals surface area contributed by atoms with Gasteiger partial charge in [-0.15, -0.1) is 0 Å².